The van der Waals surface area contributed by atoms with Crippen molar-refractivity contribution in [3.63, 3.8) is 0 Å². The van der Waals surface area contributed by atoms with Crippen molar-refractivity contribution in [3.05, 3.63) is 119 Å². The normalized spacial score (nSPS) is 15.4. The van der Waals surface area contributed by atoms with Gasteiger partial charge in [-0.2, -0.15) is 5.26 Å². The highest BCUT2D eigenvalue weighted by Crippen LogP contribution is 2.32. The average molecular weight is 692 g/mol. The van der Waals surface area contributed by atoms with E-state index in [1.807, 2.05) is 42.5 Å². The first-order chi connectivity index (χ1) is 24.5. The number of alkyl carbamates (subject to hydrolysis) is 2. The Morgan fingerprint density at radius 1 is 0.745 bits per heavy atom. The SMILES string of the molecule is CC(C)(C)OC(=O)NCc1ccc(Oc2cc(Oc3ccc(C#N)cc3)cc(C(=O)OC3CCC(NC(=O)OCc4ccccc4)CC3)c2)cc1. The Morgan fingerprint density at radius 2 is 1.35 bits per heavy atom. The van der Waals surface area contributed by atoms with Crippen LogP contribution < -0.4 is 20.1 Å². The molecule has 1 saturated carbocycles. The Bertz CT molecular complexity index is 1820. The summed E-state index contributed by atoms with van der Waals surface area (Å²) < 4.78 is 28.7. The smallest absolute Gasteiger partial charge is 0.407 e. The molecule has 0 aromatic heterocycles. The van der Waals surface area contributed by atoms with Gasteiger partial charge in [0.2, 0.25) is 0 Å². The van der Waals surface area contributed by atoms with Crippen LogP contribution in [-0.4, -0.2) is 35.9 Å². The van der Waals surface area contributed by atoms with Gasteiger partial charge in [0, 0.05) is 18.7 Å². The Labute approximate surface area is 297 Å². The highest BCUT2D eigenvalue weighted by atomic mass is 16.6. The van der Waals surface area contributed by atoms with Crippen molar-refractivity contribution in [2.75, 3.05) is 0 Å². The van der Waals surface area contributed by atoms with Crippen LogP contribution in [0.4, 0.5) is 9.59 Å². The van der Waals surface area contributed by atoms with Crippen molar-refractivity contribution < 1.29 is 38.1 Å². The van der Waals surface area contributed by atoms with Crippen molar-refractivity contribution in [1.29, 1.82) is 5.26 Å². The maximum absolute atomic E-state index is 13.4. The van der Waals surface area contributed by atoms with Gasteiger partial charge in [-0.1, -0.05) is 42.5 Å². The lowest BCUT2D eigenvalue weighted by atomic mass is 9.93. The van der Waals surface area contributed by atoms with Crippen molar-refractivity contribution in [2.24, 2.45) is 0 Å². The summed E-state index contributed by atoms with van der Waals surface area (Å²) in [6, 6.07) is 30.0. The number of rotatable bonds is 11. The number of hydrogen-bond donors (Lipinski definition) is 2. The van der Waals surface area contributed by atoms with E-state index in [2.05, 4.69) is 16.7 Å². The van der Waals surface area contributed by atoms with Gasteiger partial charge in [0.1, 0.15) is 41.3 Å². The minimum Gasteiger partial charge on any atom is -0.459 e. The molecule has 11 nitrogen and oxygen atoms in total. The van der Waals surface area contributed by atoms with E-state index in [1.54, 1.807) is 75.4 Å². The largest absolute Gasteiger partial charge is 0.459 e. The van der Waals surface area contributed by atoms with E-state index in [0.29, 0.717) is 54.2 Å². The second-order valence-corrected chi connectivity index (χ2v) is 13.1. The van der Waals surface area contributed by atoms with Crippen molar-refractivity contribution in [1.82, 2.24) is 10.6 Å². The Kier molecular flexibility index (Phi) is 12.1. The highest BCUT2D eigenvalue weighted by Gasteiger charge is 2.26. The maximum atomic E-state index is 13.4. The topological polar surface area (TPSA) is 145 Å². The predicted molar refractivity (Wildman–Crippen MR) is 188 cm³/mol. The molecule has 2 amide bonds. The highest BCUT2D eigenvalue weighted by molar-refractivity contribution is 5.90. The molecule has 264 valence electrons. The van der Waals surface area contributed by atoms with Crippen molar-refractivity contribution in [2.45, 2.75) is 77.4 Å². The molecule has 4 aromatic rings. The maximum Gasteiger partial charge on any atom is 0.407 e. The summed E-state index contributed by atoms with van der Waals surface area (Å²) in [7, 11) is 0. The quantitative estimate of drug-likeness (QED) is 0.117. The molecule has 51 heavy (non-hydrogen) atoms. The summed E-state index contributed by atoms with van der Waals surface area (Å²) in [5.41, 5.74) is 1.87. The van der Waals surface area contributed by atoms with Crippen LogP contribution in [0.3, 0.4) is 0 Å². The molecule has 0 aliphatic heterocycles. The molecule has 11 heteroatoms. The van der Waals surface area contributed by atoms with Gasteiger partial charge in [-0.3, -0.25) is 0 Å². The van der Waals surface area contributed by atoms with Gasteiger partial charge in [-0.25, -0.2) is 14.4 Å². The van der Waals surface area contributed by atoms with Crippen LogP contribution in [0.5, 0.6) is 23.0 Å². The Balaban J connectivity index is 1.20. The van der Waals surface area contributed by atoms with Crippen molar-refractivity contribution in [3.8, 4) is 29.1 Å². The number of benzene rings is 4. The molecule has 0 spiro atoms. The molecule has 0 saturated heterocycles. The van der Waals surface area contributed by atoms with Crippen LogP contribution in [0, 0.1) is 11.3 Å². The molecule has 0 bridgehead atoms. The van der Waals surface area contributed by atoms with Crippen LogP contribution >= 0.6 is 0 Å². The summed E-state index contributed by atoms with van der Waals surface area (Å²) in [4.78, 5) is 37.8. The first-order valence-electron chi connectivity index (χ1n) is 16.8. The summed E-state index contributed by atoms with van der Waals surface area (Å²) in [6.45, 7) is 5.86. The van der Waals surface area contributed by atoms with E-state index >= 15 is 0 Å². The Morgan fingerprint density at radius 3 is 1.94 bits per heavy atom. The first kappa shape index (κ1) is 36.3. The summed E-state index contributed by atoms with van der Waals surface area (Å²) >= 11 is 0. The lowest BCUT2D eigenvalue weighted by Crippen LogP contribution is -2.39. The van der Waals surface area contributed by atoms with Crippen LogP contribution in [0.15, 0.2) is 97.1 Å². The zero-order valence-electron chi connectivity index (χ0n) is 28.8. The molecular formula is C40H41N3O8. The zero-order valence-corrected chi connectivity index (χ0v) is 28.8. The van der Waals surface area contributed by atoms with Gasteiger partial charge in [0.05, 0.1) is 17.2 Å². The lowest BCUT2D eigenvalue weighted by molar-refractivity contribution is 0.0181. The number of carbonyl (C=O) groups excluding carboxylic acids is 3. The summed E-state index contributed by atoms with van der Waals surface area (Å²) in [5.74, 6) is 1.12. The van der Waals surface area contributed by atoms with E-state index in [-0.39, 0.29) is 30.9 Å². The second-order valence-electron chi connectivity index (χ2n) is 13.1. The molecule has 0 unspecified atom stereocenters. The van der Waals surface area contributed by atoms with Gasteiger partial charge in [-0.05, 0) is 106 Å². The van der Waals surface area contributed by atoms with Crippen LogP contribution in [0.1, 0.15) is 73.5 Å². The summed E-state index contributed by atoms with van der Waals surface area (Å²) in [5, 5.41) is 14.8. The fourth-order valence-electron chi connectivity index (χ4n) is 5.32. The number of ether oxygens (including phenoxy) is 5. The number of hydrogen-bond acceptors (Lipinski definition) is 9. The molecule has 0 radical (unpaired) electrons. The molecular weight excluding hydrogens is 650 g/mol. The third kappa shape index (κ3) is 11.8. The molecule has 1 aliphatic carbocycles. The Hall–Kier alpha value is -6.02. The van der Waals surface area contributed by atoms with Gasteiger partial charge < -0.3 is 34.3 Å². The number of esters is 1. The number of amides is 2. The van der Waals surface area contributed by atoms with Gasteiger partial charge >= 0.3 is 18.2 Å². The second kappa shape index (κ2) is 17.1. The van der Waals surface area contributed by atoms with Crippen LogP contribution in [0.2, 0.25) is 0 Å². The van der Waals surface area contributed by atoms with E-state index in [4.69, 9.17) is 28.9 Å². The predicted octanol–water partition coefficient (Wildman–Crippen LogP) is 8.56. The molecule has 0 heterocycles. The fourth-order valence-corrected chi connectivity index (χ4v) is 5.32. The van der Waals surface area contributed by atoms with Gasteiger partial charge in [-0.15, -0.1) is 0 Å². The van der Waals surface area contributed by atoms with Crippen LogP contribution in [0.25, 0.3) is 0 Å². The standard InChI is InChI=1S/C40H41N3O8/c1-40(2,3)51-38(45)42-25-28-11-17-33(18-12-28)49-36-22-30(21-35(23-36)48-32-15-9-27(24-41)10-16-32)37(44)50-34-19-13-31(14-20-34)43-39(46)47-26-29-7-5-4-6-8-29/h4-12,15-18,21-23,31,34H,13-14,19-20,25-26H2,1-3H3,(H,42,45)(H,43,46). The average Bonchev–Trinajstić information content (AvgIpc) is 3.11. The third-order valence-electron chi connectivity index (χ3n) is 7.81. The molecule has 1 fully saturated rings. The molecule has 5 rings (SSSR count). The molecule has 0 atom stereocenters. The van der Waals surface area contributed by atoms with Crippen molar-refractivity contribution >= 4 is 18.2 Å². The zero-order chi connectivity index (χ0) is 36.2. The van der Waals surface area contributed by atoms with Gasteiger partial charge in [0.15, 0.2) is 0 Å². The summed E-state index contributed by atoms with van der Waals surface area (Å²) in [6.07, 6.45) is 1.12. The number of nitrogens with one attached hydrogen (secondary N) is 2. The lowest BCUT2D eigenvalue weighted by Gasteiger charge is -2.28. The number of nitrogens with zero attached hydrogens (tertiary/aromatic N) is 1. The van der Waals surface area contributed by atoms with Gasteiger partial charge in [0.25, 0.3) is 0 Å². The van der Waals surface area contributed by atoms with E-state index < -0.39 is 23.8 Å². The van der Waals surface area contributed by atoms with E-state index in [9.17, 15) is 14.4 Å². The third-order valence-corrected chi connectivity index (χ3v) is 7.81. The minimum absolute atomic E-state index is 0.0770. The van der Waals surface area contributed by atoms with E-state index in [1.165, 1.54) is 0 Å². The number of nitriles is 1. The molecule has 1 aliphatic rings. The fraction of sp³-hybridized carbons (Fsp3) is 0.300. The molecule has 2 N–H and O–H groups in total. The van der Waals surface area contributed by atoms with Crippen LogP contribution in [-0.2, 0) is 27.4 Å². The first-order valence-corrected chi connectivity index (χ1v) is 16.8. The monoisotopic (exact) mass is 691 g/mol. The minimum atomic E-state index is -0.595. The van der Waals surface area contributed by atoms with E-state index in [0.717, 1.165) is 11.1 Å². The molecule has 4 aromatic carbocycles. The number of carbonyl (C=O) groups is 3.